The molecule has 2 rings (SSSR count). The number of carbonyl (C=O) groups excluding carboxylic acids is 1. The Balaban J connectivity index is 1.76. The maximum atomic E-state index is 11.9. The monoisotopic (exact) mass is 264 g/mol. The molecule has 2 heterocycles. The Kier molecular flexibility index (Phi) is 5.14. The van der Waals surface area contributed by atoms with Gasteiger partial charge in [0.2, 0.25) is 0 Å². The predicted octanol–water partition coefficient (Wildman–Crippen LogP) is 2.92. The van der Waals surface area contributed by atoms with Crippen LogP contribution in [0, 0.1) is 0 Å². The summed E-state index contributed by atoms with van der Waals surface area (Å²) in [7, 11) is 0. The molecule has 0 radical (unpaired) electrons. The van der Waals surface area contributed by atoms with Gasteiger partial charge in [-0.1, -0.05) is 6.92 Å². The number of ketones is 1. The molecule has 106 valence electrons. The van der Waals surface area contributed by atoms with E-state index < -0.39 is 0 Å². The van der Waals surface area contributed by atoms with Gasteiger partial charge in [-0.2, -0.15) is 5.10 Å². The van der Waals surface area contributed by atoms with Crippen LogP contribution in [0.3, 0.4) is 0 Å². The molecule has 2 atom stereocenters. The second-order valence-electron chi connectivity index (χ2n) is 5.43. The number of hydrogen-bond acceptors (Lipinski definition) is 3. The van der Waals surface area contributed by atoms with E-state index in [-0.39, 0.29) is 5.78 Å². The van der Waals surface area contributed by atoms with Crippen LogP contribution in [0.25, 0.3) is 0 Å². The van der Waals surface area contributed by atoms with Crippen molar-refractivity contribution in [2.24, 2.45) is 0 Å². The minimum absolute atomic E-state index is 0.268. The summed E-state index contributed by atoms with van der Waals surface area (Å²) in [6.07, 6.45) is 7.50. The van der Waals surface area contributed by atoms with Crippen LogP contribution in [-0.2, 0) is 16.0 Å². The lowest BCUT2D eigenvalue weighted by molar-refractivity contribution is -0.119. The summed E-state index contributed by atoms with van der Waals surface area (Å²) in [5.41, 5.74) is 0.887. The number of rotatable bonds is 7. The highest BCUT2D eigenvalue weighted by Crippen LogP contribution is 2.17. The lowest BCUT2D eigenvalue weighted by Crippen LogP contribution is -2.11. The van der Waals surface area contributed by atoms with Crippen LogP contribution >= 0.6 is 0 Å². The number of hydrogen-bond donors (Lipinski definition) is 0. The van der Waals surface area contributed by atoms with Gasteiger partial charge in [-0.15, -0.1) is 0 Å². The normalized spacial score (nSPS) is 20.6. The summed E-state index contributed by atoms with van der Waals surface area (Å²) in [6.45, 7) is 5.13. The van der Waals surface area contributed by atoms with Crippen LogP contribution in [0.2, 0.25) is 0 Å². The summed E-state index contributed by atoms with van der Waals surface area (Å²) in [4.78, 5) is 11.9. The molecule has 1 fully saturated rings. The van der Waals surface area contributed by atoms with Crippen molar-refractivity contribution in [2.75, 3.05) is 6.61 Å². The Bertz CT molecular complexity index is 408. The van der Waals surface area contributed by atoms with Crippen molar-refractivity contribution in [2.45, 2.75) is 64.5 Å². The fourth-order valence-electron chi connectivity index (χ4n) is 2.39. The zero-order valence-electron chi connectivity index (χ0n) is 12.0. The van der Waals surface area contributed by atoms with Crippen molar-refractivity contribution < 1.29 is 9.53 Å². The van der Waals surface area contributed by atoms with Gasteiger partial charge < -0.3 is 4.74 Å². The van der Waals surface area contributed by atoms with E-state index in [1.807, 2.05) is 16.9 Å². The standard InChI is InChI=1S/C15H24N2O2/c1-3-12(2)17-9-8-13(16-17)11-14(18)6-7-15-5-4-10-19-15/h8-9,12,15H,3-7,10-11H2,1-2H3. The topological polar surface area (TPSA) is 44.1 Å². The summed E-state index contributed by atoms with van der Waals surface area (Å²) in [5.74, 6) is 0.268. The smallest absolute Gasteiger partial charge is 0.139 e. The Labute approximate surface area is 115 Å². The number of aromatic nitrogens is 2. The third-order valence-corrected chi connectivity index (χ3v) is 3.85. The Morgan fingerprint density at radius 2 is 2.47 bits per heavy atom. The van der Waals surface area contributed by atoms with Gasteiger partial charge in [-0.25, -0.2) is 0 Å². The average molecular weight is 264 g/mol. The zero-order valence-corrected chi connectivity index (χ0v) is 12.0. The maximum absolute atomic E-state index is 11.9. The van der Waals surface area contributed by atoms with Crippen LogP contribution in [0.1, 0.15) is 57.7 Å². The number of Topliss-reactive ketones (excluding diaryl/α,β-unsaturated/α-hetero) is 1. The Morgan fingerprint density at radius 3 is 3.16 bits per heavy atom. The SMILES string of the molecule is CCC(C)n1ccc(CC(=O)CCC2CCCO2)n1. The summed E-state index contributed by atoms with van der Waals surface area (Å²) < 4.78 is 7.48. The molecule has 0 spiro atoms. The third kappa shape index (κ3) is 4.16. The molecule has 0 bridgehead atoms. The van der Waals surface area contributed by atoms with Crippen molar-refractivity contribution >= 4 is 5.78 Å². The second-order valence-corrected chi connectivity index (χ2v) is 5.43. The van der Waals surface area contributed by atoms with E-state index in [1.165, 1.54) is 0 Å². The lowest BCUT2D eigenvalue weighted by atomic mass is 10.1. The van der Waals surface area contributed by atoms with E-state index in [0.717, 1.165) is 38.0 Å². The molecule has 0 aromatic carbocycles. The van der Waals surface area contributed by atoms with Crippen molar-refractivity contribution in [3.8, 4) is 0 Å². The number of nitrogens with zero attached hydrogens (tertiary/aromatic N) is 2. The molecule has 0 amide bonds. The molecule has 1 aromatic rings. The molecule has 2 unspecified atom stereocenters. The fraction of sp³-hybridized carbons (Fsp3) is 0.733. The summed E-state index contributed by atoms with van der Waals surface area (Å²) in [6, 6.07) is 2.35. The zero-order chi connectivity index (χ0) is 13.7. The van der Waals surface area contributed by atoms with Crippen molar-refractivity contribution in [3.63, 3.8) is 0 Å². The highest BCUT2D eigenvalue weighted by atomic mass is 16.5. The van der Waals surface area contributed by atoms with Gasteiger partial charge in [0.05, 0.1) is 18.2 Å². The van der Waals surface area contributed by atoms with Gasteiger partial charge >= 0.3 is 0 Å². The van der Waals surface area contributed by atoms with Gasteiger partial charge in [0.1, 0.15) is 5.78 Å². The highest BCUT2D eigenvalue weighted by molar-refractivity contribution is 5.80. The lowest BCUT2D eigenvalue weighted by Gasteiger charge is -2.08. The van der Waals surface area contributed by atoms with Gasteiger partial charge in [-0.3, -0.25) is 9.48 Å². The van der Waals surface area contributed by atoms with E-state index in [0.29, 0.717) is 25.0 Å². The summed E-state index contributed by atoms with van der Waals surface area (Å²) in [5, 5.41) is 4.47. The summed E-state index contributed by atoms with van der Waals surface area (Å²) >= 11 is 0. The molecular formula is C15H24N2O2. The van der Waals surface area contributed by atoms with Crippen LogP contribution < -0.4 is 0 Å². The molecular weight excluding hydrogens is 240 g/mol. The minimum atomic E-state index is 0.268. The first kappa shape index (κ1) is 14.3. The second kappa shape index (κ2) is 6.85. The highest BCUT2D eigenvalue weighted by Gasteiger charge is 2.17. The van der Waals surface area contributed by atoms with E-state index in [9.17, 15) is 4.79 Å². The molecule has 0 N–H and O–H groups in total. The first-order valence-electron chi connectivity index (χ1n) is 7.36. The van der Waals surface area contributed by atoms with E-state index in [1.54, 1.807) is 0 Å². The molecule has 1 aliphatic heterocycles. The van der Waals surface area contributed by atoms with Crippen LogP contribution in [0.15, 0.2) is 12.3 Å². The van der Waals surface area contributed by atoms with Gasteiger partial charge in [0.15, 0.2) is 0 Å². The largest absolute Gasteiger partial charge is 0.378 e. The number of ether oxygens (including phenoxy) is 1. The van der Waals surface area contributed by atoms with E-state index >= 15 is 0 Å². The molecule has 0 aliphatic carbocycles. The average Bonchev–Trinajstić information content (AvgIpc) is 3.06. The molecule has 19 heavy (non-hydrogen) atoms. The molecule has 4 heteroatoms. The first-order chi connectivity index (χ1) is 9.19. The molecule has 4 nitrogen and oxygen atoms in total. The van der Waals surface area contributed by atoms with Crippen molar-refractivity contribution in [1.29, 1.82) is 0 Å². The fourth-order valence-corrected chi connectivity index (χ4v) is 2.39. The number of carbonyl (C=O) groups is 1. The molecule has 1 aliphatic rings. The van der Waals surface area contributed by atoms with E-state index in [2.05, 4.69) is 18.9 Å². The first-order valence-corrected chi connectivity index (χ1v) is 7.36. The van der Waals surface area contributed by atoms with Crippen LogP contribution in [0.5, 0.6) is 0 Å². The van der Waals surface area contributed by atoms with Crippen LogP contribution in [0.4, 0.5) is 0 Å². The Morgan fingerprint density at radius 1 is 1.63 bits per heavy atom. The maximum Gasteiger partial charge on any atom is 0.139 e. The molecule has 0 saturated carbocycles. The third-order valence-electron chi connectivity index (χ3n) is 3.85. The Hall–Kier alpha value is -1.16. The van der Waals surface area contributed by atoms with Gasteiger partial charge in [0.25, 0.3) is 0 Å². The van der Waals surface area contributed by atoms with Crippen molar-refractivity contribution in [1.82, 2.24) is 9.78 Å². The van der Waals surface area contributed by atoms with Crippen molar-refractivity contribution in [3.05, 3.63) is 18.0 Å². The molecule has 1 saturated heterocycles. The van der Waals surface area contributed by atoms with Gasteiger partial charge in [-0.05, 0) is 38.7 Å². The van der Waals surface area contributed by atoms with E-state index in [4.69, 9.17) is 4.74 Å². The van der Waals surface area contributed by atoms with Crippen LogP contribution in [-0.4, -0.2) is 28.3 Å². The quantitative estimate of drug-likeness (QED) is 0.760. The minimum Gasteiger partial charge on any atom is -0.378 e. The molecule has 1 aromatic heterocycles. The van der Waals surface area contributed by atoms with Gasteiger partial charge in [0, 0.05) is 25.3 Å². The predicted molar refractivity (Wildman–Crippen MR) is 74.1 cm³/mol.